The smallest absolute Gasteiger partial charge is 0.223 e. The van der Waals surface area contributed by atoms with Crippen LogP contribution in [0.25, 0.3) is 0 Å². The number of benzene rings is 1. The Labute approximate surface area is 84.9 Å². The Bertz CT molecular complexity index is 334. The van der Waals surface area contributed by atoms with Crippen LogP contribution in [0.2, 0.25) is 0 Å². The summed E-state index contributed by atoms with van der Waals surface area (Å²) in [6, 6.07) is 7.83. The molecule has 3 heteroatoms. The molecule has 0 unspecified atom stereocenters. The maximum Gasteiger partial charge on any atom is 0.223 e. The first-order valence-corrected chi connectivity index (χ1v) is 4.54. The lowest BCUT2D eigenvalue weighted by Crippen LogP contribution is -2.25. The van der Waals surface area contributed by atoms with Gasteiger partial charge in [0.2, 0.25) is 5.91 Å². The van der Waals surface area contributed by atoms with Gasteiger partial charge in [0.15, 0.2) is 0 Å². The molecule has 0 radical (unpaired) electrons. The maximum atomic E-state index is 11.2. The summed E-state index contributed by atoms with van der Waals surface area (Å²) in [5.41, 5.74) is 1.98. The highest BCUT2D eigenvalue weighted by Gasteiger charge is 2.10. The molecule has 0 aliphatic carbocycles. The molecule has 3 nitrogen and oxygen atoms in total. The molecule has 0 spiro atoms. The molecule has 76 valence electrons. The van der Waals surface area contributed by atoms with Crippen molar-refractivity contribution in [3.8, 4) is 0 Å². The Morgan fingerprint density at radius 3 is 2.00 bits per heavy atom. The zero-order chi connectivity index (χ0) is 10.7. The standard InChI is InChI=1S/C11H16N2O/c1-9(14)13(4)11-8-6-5-7-10(11)12(2)3/h5-8H,1-4H3. The van der Waals surface area contributed by atoms with Crippen molar-refractivity contribution in [2.45, 2.75) is 6.92 Å². The van der Waals surface area contributed by atoms with Gasteiger partial charge in [0.25, 0.3) is 0 Å². The van der Waals surface area contributed by atoms with E-state index < -0.39 is 0 Å². The van der Waals surface area contributed by atoms with Gasteiger partial charge in [-0.15, -0.1) is 0 Å². The normalized spacial score (nSPS) is 9.71. The van der Waals surface area contributed by atoms with Crippen LogP contribution in [0.1, 0.15) is 6.92 Å². The third kappa shape index (κ3) is 2.05. The number of nitrogens with zero attached hydrogens (tertiary/aromatic N) is 2. The summed E-state index contributed by atoms with van der Waals surface area (Å²) in [4.78, 5) is 14.9. The van der Waals surface area contributed by atoms with Crippen LogP contribution in [0.3, 0.4) is 0 Å². The molecule has 0 bridgehead atoms. The fourth-order valence-corrected chi connectivity index (χ4v) is 1.30. The number of para-hydroxylation sites is 2. The first-order valence-electron chi connectivity index (χ1n) is 4.54. The molecular formula is C11H16N2O. The van der Waals surface area contributed by atoms with E-state index in [-0.39, 0.29) is 5.91 Å². The molecule has 0 saturated heterocycles. The maximum absolute atomic E-state index is 11.2. The van der Waals surface area contributed by atoms with Crippen LogP contribution >= 0.6 is 0 Å². The van der Waals surface area contributed by atoms with E-state index in [2.05, 4.69) is 0 Å². The predicted molar refractivity (Wildman–Crippen MR) is 59.9 cm³/mol. The van der Waals surface area contributed by atoms with Gasteiger partial charge >= 0.3 is 0 Å². The van der Waals surface area contributed by atoms with Crippen molar-refractivity contribution in [1.82, 2.24) is 0 Å². The molecule has 0 aliphatic rings. The number of amides is 1. The predicted octanol–water partition coefficient (Wildman–Crippen LogP) is 1.74. The van der Waals surface area contributed by atoms with Crippen LogP contribution in [0.5, 0.6) is 0 Å². The van der Waals surface area contributed by atoms with Crippen molar-refractivity contribution in [2.24, 2.45) is 0 Å². The molecule has 1 amide bonds. The van der Waals surface area contributed by atoms with E-state index in [1.165, 1.54) is 0 Å². The van der Waals surface area contributed by atoms with Crippen LogP contribution in [0.4, 0.5) is 11.4 Å². The van der Waals surface area contributed by atoms with Crippen molar-refractivity contribution in [3.63, 3.8) is 0 Å². The Kier molecular flexibility index (Phi) is 3.12. The molecule has 1 rings (SSSR count). The molecule has 0 fully saturated rings. The number of hydrogen-bond acceptors (Lipinski definition) is 2. The molecular weight excluding hydrogens is 176 g/mol. The lowest BCUT2D eigenvalue weighted by molar-refractivity contribution is -0.116. The highest BCUT2D eigenvalue weighted by atomic mass is 16.2. The summed E-state index contributed by atoms with van der Waals surface area (Å²) in [7, 11) is 5.71. The molecule has 0 N–H and O–H groups in total. The third-order valence-electron chi connectivity index (χ3n) is 2.20. The fourth-order valence-electron chi connectivity index (χ4n) is 1.30. The van der Waals surface area contributed by atoms with Crippen LogP contribution in [-0.4, -0.2) is 27.1 Å². The molecule has 14 heavy (non-hydrogen) atoms. The van der Waals surface area contributed by atoms with E-state index in [0.29, 0.717) is 0 Å². The van der Waals surface area contributed by atoms with Crippen LogP contribution < -0.4 is 9.80 Å². The van der Waals surface area contributed by atoms with Gasteiger partial charge in [-0.3, -0.25) is 4.79 Å². The van der Waals surface area contributed by atoms with Crippen LogP contribution in [-0.2, 0) is 4.79 Å². The summed E-state index contributed by atoms with van der Waals surface area (Å²) in [5, 5.41) is 0. The first kappa shape index (κ1) is 10.6. The minimum absolute atomic E-state index is 0.0410. The second-order valence-electron chi connectivity index (χ2n) is 3.46. The van der Waals surface area contributed by atoms with Gasteiger partial charge < -0.3 is 9.80 Å². The largest absolute Gasteiger partial charge is 0.376 e. The lowest BCUT2D eigenvalue weighted by Gasteiger charge is -2.23. The van der Waals surface area contributed by atoms with Gasteiger partial charge in [0.1, 0.15) is 0 Å². The zero-order valence-electron chi connectivity index (χ0n) is 9.11. The van der Waals surface area contributed by atoms with Gasteiger partial charge in [0, 0.05) is 28.1 Å². The summed E-state index contributed by atoms with van der Waals surface area (Å²) in [5.74, 6) is 0.0410. The number of hydrogen-bond donors (Lipinski definition) is 0. The summed E-state index contributed by atoms with van der Waals surface area (Å²) in [6.45, 7) is 1.56. The first-order chi connectivity index (χ1) is 6.54. The second kappa shape index (κ2) is 4.13. The van der Waals surface area contributed by atoms with Gasteiger partial charge in [-0.2, -0.15) is 0 Å². The fraction of sp³-hybridized carbons (Fsp3) is 0.364. The number of carbonyl (C=O) groups excluding carboxylic acids is 1. The number of rotatable bonds is 2. The van der Waals surface area contributed by atoms with Crippen LogP contribution in [0, 0.1) is 0 Å². The van der Waals surface area contributed by atoms with E-state index in [9.17, 15) is 4.79 Å². The minimum Gasteiger partial charge on any atom is -0.376 e. The molecule has 1 aromatic rings. The average molecular weight is 192 g/mol. The monoisotopic (exact) mass is 192 g/mol. The molecule has 0 saturated carbocycles. The van der Waals surface area contributed by atoms with Crippen molar-refractivity contribution < 1.29 is 4.79 Å². The summed E-state index contributed by atoms with van der Waals surface area (Å²) in [6.07, 6.45) is 0. The molecule has 0 atom stereocenters. The summed E-state index contributed by atoms with van der Waals surface area (Å²) < 4.78 is 0. The molecule has 1 aromatic carbocycles. The van der Waals surface area contributed by atoms with E-state index in [0.717, 1.165) is 11.4 Å². The SMILES string of the molecule is CC(=O)N(C)c1ccccc1N(C)C. The van der Waals surface area contributed by atoms with E-state index in [1.54, 1.807) is 18.9 Å². The van der Waals surface area contributed by atoms with Crippen molar-refractivity contribution in [1.29, 1.82) is 0 Å². The molecule has 0 aromatic heterocycles. The third-order valence-corrected chi connectivity index (χ3v) is 2.20. The Hall–Kier alpha value is -1.51. The molecule has 0 aliphatic heterocycles. The van der Waals surface area contributed by atoms with Crippen molar-refractivity contribution in [2.75, 3.05) is 30.9 Å². The van der Waals surface area contributed by atoms with Gasteiger partial charge in [-0.05, 0) is 12.1 Å². The van der Waals surface area contributed by atoms with E-state index in [4.69, 9.17) is 0 Å². The molecule has 0 heterocycles. The summed E-state index contributed by atoms with van der Waals surface area (Å²) >= 11 is 0. The second-order valence-corrected chi connectivity index (χ2v) is 3.46. The van der Waals surface area contributed by atoms with E-state index in [1.807, 2.05) is 43.3 Å². The highest BCUT2D eigenvalue weighted by molar-refractivity contribution is 5.94. The van der Waals surface area contributed by atoms with Crippen LogP contribution in [0.15, 0.2) is 24.3 Å². The number of carbonyl (C=O) groups is 1. The van der Waals surface area contributed by atoms with E-state index >= 15 is 0 Å². The Morgan fingerprint density at radius 2 is 1.57 bits per heavy atom. The quantitative estimate of drug-likeness (QED) is 0.712. The van der Waals surface area contributed by atoms with Gasteiger partial charge in [0.05, 0.1) is 11.4 Å². The average Bonchev–Trinajstić information content (AvgIpc) is 2.16. The topological polar surface area (TPSA) is 23.6 Å². The Morgan fingerprint density at radius 1 is 1.07 bits per heavy atom. The zero-order valence-corrected chi connectivity index (χ0v) is 9.11. The van der Waals surface area contributed by atoms with Crippen molar-refractivity contribution >= 4 is 17.3 Å². The minimum atomic E-state index is 0.0410. The number of anilines is 2. The van der Waals surface area contributed by atoms with Gasteiger partial charge in [-0.25, -0.2) is 0 Å². The Balaban J connectivity index is 3.13. The van der Waals surface area contributed by atoms with Gasteiger partial charge in [-0.1, -0.05) is 12.1 Å². The highest BCUT2D eigenvalue weighted by Crippen LogP contribution is 2.26. The van der Waals surface area contributed by atoms with Crippen molar-refractivity contribution in [3.05, 3.63) is 24.3 Å². The lowest BCUT2D eigenvalue weighted by atomic mass is 10.2.